The van der Waals surface area contributed by atoms with Gasteiger partial charge in [-0.3, -0.25) is 4.79 Å². The van der Waals surface area contributed by atoms with Crippen LogP contribution in [-0.4, -0.2) is 36.2 Å². The Kier molecular flexibility index (Phi) is 4.51. The Bertz CT molecular complexity index is 909. The van der Waals surface area contributed by atoms with E-state index in [9.17, 15) is 4.79 Å². The highest BCUT2D eigenvalue weighted by molar-refractivity contribution is 6.62. The highest BCUT2D eigenvalue weighted by Gasteiger charge is 2.52. The Hall–Kier alpha value is -2.31. The lowest BCUT2D eigenvalue weighted by Crippen LogP contribution is -2.41. The highest BCUT2D eigenvalue weighted by atomic mass is 16.7. The van der Waals surface area contributed by atoms with Gasteiger partial charge < -0.3 is 18.9 Å². The van der Waals surface area contributed by atoms with Crippen molar-refractivity contribution in [2.24, 2.45) is 0 Å². The average Bonchev–Trinajstić information content (AvgIpc) is 3.07. The second-order valence-electron chi connectivity index (χ2n) is 8.52. The molecule has 1 saturated heterocycles. The molecule has 0 aromatic heterocycles. The third kappa shape index (κ3) is 3.21. The van der Waals surface area contributed by atoms with Gasteiger partial charge in [-0.25, -0.2) is 0 Å². The third-order valence-electron chi connectivity index (χ3n) is 6.05. The van der Waals surface area contributed by atoms with Crippen LogP contribution in [0.15, 0.2) is 42.5 Å². The van der Waals surface area contributed by atoms with Crippen molar-refractivity contribution in [2.45, 2.75) is 52.0 Å². The minimum atomic E-state index is -0.462. The molecule has 1 amide bonds. The molecule has 2 heterocycles. The van der Waals surface area contributed by atoms with E-state index in [0.717, 1.165) is 27.9 Å². The molecule has 5 nitrogen and oxygen atoms in total. The van der Waals surface area contributed by atoms with E-state index in [1.807, 2.05) is 75.1 Å². The van der Waals surface area contributed by atoms with Gasteiger partial charge >= 0.3 is 7.12 Å². The Labute approximate surface area is 166 Å². The number of carbonyl (C=O) groups excluding carboxylic acids is 1. The average molecular weight is 379 g/mol. The van der Waals surface area contributed by atoms with Crippen LogP contribution in [0.3, 0.4) is 0 Å². The van der Waals surface area contributed by atoms with Crippen LogP contribution in [0.4, 0.5) is 0 Å². The fraction of sp³-hybridized carbons (Fsp3) is 0.409. The zero-order valence-electron chi connectivity index (χ0n) is 17.1. The Morgan fingerprint density at radius 2 is 1.79 bits per heavy atom. The molecule has 28 heavy (non-hydrogen) atoms. The summed E-state index contributed by atoms with van der Waals surface area (Å²) in [5.74, 6) is 0.834. The molecule has 0 atom stereocenters. The van der Waals surface area contributed by atoms with Gasteiger partial charge in [-0.05, 0) is 62.5 Å². The fourth-order valence-corrected chi connectivity index (χ4v) is 3.62. The maximum atomic E-state index is 13.0. The first-order chi connectivity index (χ1) is 13.2. The van der Waals surface area contributed by atoms with Crippen LogP contribution < -0.4 is 10.2 Å². The molecular formula is C22H26BNO4. The lowest BCUT2D eigenvalue weighted by Gasteiger charge is -2.32. The predicted octanol–water partition coefficient (Wildman–Crippen LogP) is 3.15. The Morgan fingerprint density at radius 1 is 1.07 bits per heavy atom. The number of ether oxygens (including phenoxy) is 1. The summed E-state index contributed by atoms with van der Waals surface area (Å²) in [6, 6.07) is 13.8. The lowest BCUT2D eigenvalue weighted by atomic mass is 9.78. The molecule has 2 aliphatic heterocycles. The van der Waals surface area contributed by atoms with E-state index < -0.39 is 18.3 Å². The number of nitrogens with zero attached hydrogens (tertiary/aromatic N) is 1. The van der Waals surface area contributed by atoms with Gasteiger partial charge in [-0.2, -0.15) is 0 Å². The summed E-state index contributed by atoms with van der Waals surface area (Å²) in [5.41, 5.74) is 2.89. The van der Waals surface area contributed by atoms with Crippen molar-refractivity contribution in [1.82, 2.24) is 4.90 Å². The third-order valence-corrected chi connectivity index (χ3v) is 6.05. The van der Waals surface area contributed by atoms with E-state index in [2.05, 4.69) is 0 Å². The summed E-state index contributed by atoms with van der Waals surface area (Å²) in [4.78, 5) is 14.8. The highest BCUT2D eigenvalue weighted by Crippen LogP contribution is 2.36. The van der Waals surface area contributed by atoms with Crippen molar-refractivity contribution in [2.75, 3.05) is 7.11 Å². The van der Waals surface area contributed by atoms with Crippen molar-refractivity contribution in [1.29, 1.82) is 0 Å². The number of hydrogen-bond donors (Lipinski definition) is 0. The zero-order valence-corrected chi connectivity index (χ0v) is 17.1. The van der Waals surface area contributed by atoms with Crippen LogP contribution in [-0.2, 0) is 22.4 Å². The van der Waals surface area contributed by atoms with Gasteiger partial charge in [-0.15, -0.1) is 0 Å². The van der Waals surface area contributed by atoms with Gasteiger partial charge in [0.05, 0.1) is 18.3 Å². The van der Waals surface area contributed by atoms with Crippen molar-refractivity contribution < 1.29 is 18.8 Å². The second-order valence-corrected chi connectivity index (χ2v) is 8.52. The Morgan fingerprint density at radius 3 is 2.46 bits per heavy atom. The summed E-state index contributed by atoms with van der Waals surface area (Å²) in [7, 11) is 1.18. The number of benzene rings is 2. The summed E-state index contributed by atoms with van der Waals surface area (Å²) < 4.78 is 17.5. The molecule has 0 aliphatic carbocycles. The number of amides is 1. The molecule has 2 aromatic rings. The number of rotatable bonds is 4. The van der Waals surface area contributed by atoms with Gasteiger partial charge in [0, 0.05) is 18.7 Å². The SMILES string of the molecule is COc1cccc(CN2Cc3ccc(B4OC(C)(C)C(C)(C)O4)cc3C2=O)c1. The van der Waals surface area contributed by atoms with E-state index in [0.29, 0.717) is 13.1 Å². The quantitative estimate of drug-likeness (QED) is 0.766. The standard InChI is InChI=1S/C22H26BNO4/c1-21(2)22(3,4)28-23(27-21)17-10-9-16-14-24(20(25)19(16)12-17)13-15-7-6-8-18(11-15)26-5/h6-12H,13-14H2,1-5H3. The van der Waals surface area contributed by atoms with Crippen LogP contribution >= 0.6 is 0 Å². The topological polar surface area (TPSA) is 48.0 Å². The van der Waals surface area contributed by atoms with Gasteiger partial charge in [-0.1, -0.05) is 24.3 Å². The first-order valence-electron chi connectivity index (χ1n) is 9.61. The van der Waals surface area contributed by atoms with E-state index in [1.165, 1.54) is 0 Å². The Balaban J connectivity index is 1.54. The van der Waals surface area contributed by atoms with E-state index in [4.69, 9.17) is 14.0 Å². The van der Waals surface area contributed by atoms with Crippen LogP contribution in [0.2, 0.25) is 0 Å². The number of methoxy groups -OCH3 is 1. The zero-order chi connectivity index (χ0) is 20.1. The molecule has 2 aliphatic rings. The van der Waals surface area contributed by atoms with Crippen molar-refractivity contribution in [3.8, 4) is 5.75 Å². The van der Waals surface area contributed by atoms with Gasteiger partial charge in [0.25, 0.3) is 5.91 Å². The first-order valence-corrected chi connectivity index (χ1v) is 9.61. The summed E-state index contributed by atoms with van der Waals surface area (Å²) in [5, 5.41) is 0. The molecule has 2 aromatic carbocycles. The summed E-state index contributed by atoms with van der Waals surface area (Å²) in [6.07, 6.45) is 0. The minimum Gasteiger partial charge on any atom is -0.497 e. The summed E-state index contributed by atoms with van der Waals surface area (Å²) in [6.45, 7) is 9.27. The maximum Gasteiger partial charge on any atom is 0.494 e. The number of hydrogen-bond acceptors (Lipinski definition) is 4. The van der Waals surface area contributed by atoms with E-state index in [1.54, 1.807) is 7.11 Å². The molecule has 0 radical (unpaired) electrons. The minimum absolute atomic E-state index is 0.0381. The molecule has 0 unspecified atom stereocenters. The molecule has 6 heteroatoms. The first kappa shape index (κ1) is 19.0. The van der Waals surface area contributed by atoms with E-state index >= 15 is 0 Å². The molecule has 0 saturated carbocycles. The monoisotopic (exact) mass is 379 g/mol. The van der Waals surface area contributed by atoms with Crippen molar-refractivity contribution in [3.05, 3.63) is 59.2 Å². The normalized spacial score (nSPS) is 19.8. The predicted molar refractivity (Wildman–Crippen MR) is 109 cm³/mol. The van der Waals surface area contributed by atoms with Gasteiger partial charge in [0.1, 0.15) is 5.75 Å². The molecule has 1 fully saturated rings. The molecular weight excluding hydrogens is 353 g/mol. The van der Waals surface area contributed by atoms with Crippen molar-refractivity contribution in [3.63, 3.8) is 0 Å². The van der Waals surface area contributed by atoms with Crippen LogP contribution in [0.25, 0.3) is 0 Å². The largest absolute Gasteiger partial charge is 0.497 e. The van der Waals surface area contributed by atoms with E-state index in [-0.39, 0.29) is 5.91 Å². The lowest BCUT2D eigenvalue weighted by molar-refractivity contribution is 0.00578. The van der Waals surface area contributed by atoms with Crippen LogP contribution in [0.5, 0.6) is 5.75 Å². The molecule has 0 N–H and O–H groups in total. The number of carbonyl (C=O) groups is 1. The van der Waals surface area contributed by atoms with Crippen LogP contribution in [0, 0.1) is 0 Å². The maximum absolute atomic E-state index is 13.0. The smallest absolute Gasteiger partial charge is 0.494 e. The van der Waals surface area contributed by atoms with Crippen LogP contribution in [0.1, 0.15) is 49.2 Å². The van der Waals surface area contributed by atoms with Gasteiger partial charge in [0.15, 0.2) is 0 Å². The second kappa shape index (κ2) is 6.64. The fourth-order valence-electron chi connectivity index (χ4n) is 3.62. The molecule has 0 bridgehead atoms. The molecule has 0 spiro atoms. The van der Waals surface area contributed by atoms with Gasteiger partial charge in [0.2, 0.25) is 0 Å². The molecule has 4 rings (SSSR count). The molecule has 146 valence electrons. The van der Waals surface area contributed by atoms with Crippen molar-refractivity contribution >= 4 is 18.5 Å². The summed E-state index contributed by atoms with van der Waals surface area (Å²) >= 11 is 0. The number of fused-ring (bicyclic) bond motifs is 1.